The van der Waals surface area contributed by atoms with E-state index in [1.807, 2.05) is 25.1 Å². The van der Waals surface area contributed by atoms with Crippen molar-refractivity contribution in [3.8, 4) is 0 Å². The number of hydrogen-bond donors (Lipinski definition) is 0. The van der Waals surface area contributed by atoms with E-state index in [9.17, 15) is 4.79 Å². The van der Waals surface area contributed by atoms with E-state index >= 15 is 0 Å². The molecule has 21 heavy (non-hydrogen) atoms. The first kappa shape index (κ1) is 14.1. The van der Waals surface area contributed by atoms with Crippen molar-refractivity contribution in [1.82, 2.24) is 19.8 Å². The molecule has 1 aromatic heterocycles. The number of urea groups is 1. The number of carbonyl (C=O) groups excluding carboxylic acids is 1. The minimum atomic E-state index is 0.125. The summed E-state index contributed by atoms with van der Waals surface area (Å²) in [6.45, 7) is 3.68. The van der Waals surface area contributed by atoms with Gasteiger partial charge in [-0.15, -0.1) is 0 Å². The maximum atomic E-state index is 12.1. The van der Waals surface area contributed by atoms with Gasteiger partial charge in [0.05, 0.1) is 0 Å². The number of carbonyl (C=O) groups is 1. The van der Waals surface area contributed by atoms with E-state index in [0.29, 0.717) is 0 Å². The first-order valence-corrected chi connectivity index (χ1v) is 7.58. The van der Waals surface area contributed by atoms with Crippen LogP contribution in [0.25, 0.3) is 0 Å². The third-order valence-electron chi connectivity index (χ3n) is 4.59. The lowest BCUT2D eigenvalue weighted by molar-refractivity contribution is 0.169. The average molecular weight is 289 g/mol. The zero-order valence-corrected chi connectivity index (χ0v) is 12.8. The Bertz CT molecular complexity index is 506. The van der Waals surface area contributed by atoms with Gasteiger partial charge in [0.2, 0.25) is 5.95 Å². The van der Waals surface area contributed by atoms with Gasteiger partial charge in [0, 0.05) is 58.1 Å². The summed E-state index contributed by atoms with van der Waals surface area (Å²) < 4.78 is 0. The van der Waals surface area contributed by atoms with Gasteiger partial charge in [-0.25, -0.2) is 14.8 Å². The molecule has 1 aromatic rings. The smallest absolute Gasteiger partial charge is 0.319 e. The van der Waals surface area contributed by atoms with Gasteiger partial charge in [0.1, 0.15) is 0 Å². The van der Waals surface area contributed by atoms with Crippen LogP contribution in [0.2, 0.25) is 0 Å². The van der Waals surface area contributed by atoms with Crippen molar-refractivity contribution >= 4 is 12.0 Å². The minimum absolute atomic E-state index is 0.125. The summed E-state index contributed by atoms with van der Waals surface area (Å²) in [6.07, 6.45) is 6.99. The quantitative estimate of drug-likeness (QED) is 0.785. The van der Waals surface area contributed by atoms with Crippen molar-refractivity contribution in [3.63, 3.8) is 0 Å². The molecule has 2 aliphatic rings. The zero-order valence-electron chi connectivity index (χ0n) is 12.8. The molecule has 114 valence electrons. The molecule has 0 radical (unpaired) electrons. The number of aromatic nitrogens is 2. The summed E-state index contributed by atoms with van der Waals surface area (Å²) in [4.78, 5) is 26.8. The molecule has 2 saturated heterocycles. The van der Waals surface area contributed by atoms with Gasteiger partial charge in [-0.3, -0.25) is 0 Å². The van der Waals surface area contributed by atoms with Gasteiger partial charge in [-0.2, -0.15) is 0 Å². The zero-order chi connectivity index (χ0) is 14.9. The fourth-order valence-corrected chi connectivity index (χ4v) is 3.55. The summed E-state index contributed by atoms with van der Waals surface area (Å²) in [6, 6.07) is 1.97. The van der Waals surface area contributed by atoms with Crippen LogP contribution in [0.5, 0.6) is 0 Å². The fraction of sp³-hybridized carbons (Fsp3) is 0.667. The number of rotatable bonds is 1. The Morgan fingerprint density at radius 2 is 1.95 bits per heavy atom. The molecule has 0 aromatic carbocycles. The van der Waals surface area contributed by atoms with Crippen molar-refractivity contribution in [1.29, 1.82) is 0 Å². The maximum absolute atomic E-state index is 12.1. The van der Waals surface area contributed by atoms with Crippen LogP contribution >= 0.6 is 0 Å². The molecule has 1 atom stereocenters. The van der Waals surface area contributed by atoms with Crippen LogP contribution < -0.4 is 4.90 Å². The predicted molar refractivity (Wildman–Crippen MR) is 81.2 cm³/mol. The van der Waals surface area contributed by atoms with Gasteiger partial charge in [0.25, 0.3) is 0 Å². The normalized spacial score (nSPS) is 25.4. The Kier molecular flexibility index (Phi) is 3.69. The van der Waals surface area contributed by atoms with Crippen LogP contribution in [0.1, 0.15) is 19.3 Å². The Morgan fingerprint density at radius 3 is 2.67 bits per heavy atom. The van der Waals surface area contributed by atoms with Crippen LogP contribution in [-0.2, 0) is 0 Å². The number of likely N-dealkylation sites (tertiary alicyclic amines) is 1. The molecule has 0 aliphatic carbocycles. The molecule has 2 fully saturated rings. The third-order valence-corrected chi connectivity index (χ3v) is 4.59. The number of amides is 2. The lowest BCUT2D eigenvalue weighted by Gasteiger charge is -2.40. The SMILES string of the molecule is CN(C)C(=O)N1CC[C@]2(CCCN(c3ncccn3)C2)C1. The Balaban J connectivity index is 1.70. The third kappa shape index (κ3) is 2.80. The standard InChI is InChI=1S/C15H23N5O/c1-18(2)14(21)20-10-6-15(12-20)5-3-9-19(11-15)13-16-7-4-8-17-13/h4,7-8H,3,5-6,9-12H2,1-2H3/t15-/m0/s1. The average Bonchev–Trinajstić information content (AvgIpc) is 2.90. The van der Waals surface area contributed by atoms with Crippen LogP contribution in [0.15, 0.2) is 18.5 Å². The second kappa shape index (κ2) is 5.50. The van der Waals surface area contributed by atoms with Gasteiger partial charge in [0.15, 0.2) is 0 Å². The highest BCUT2D eigenvalue weighted by atomic mass is 16.2. The van der Waals surface area contributed by atoms with E-state index in [1.54, 1.807) is 17.3 Å². The highest BCUT2D eigenvalue weighted by Crippen LogP contribution is 2.39. The van der Waals surface area contributed by atoms with E-state index < -0.39 is 0 Å². The molecule has 0 unspecified atom stereocenters. The van der Waals surface area contributed by atoms with E-state index in [-0.39, 0.29) is 11.4 Å². The summed E-state index contributed by atoms with van der Waals surface area (Å²) in [7, 11) is 3.64. The lowest BCUT2D eigenvalue weighted by Crippen LogP contribution is -2.47. The van der Waals surface area contributed by atoms with E-state index in [2.05, 4.69) is 14.9 Å². The first-order valence-electron chi connectivity index (χ1n) is 7.58. The monoisotopic (exact) mass is 289 g/mol. The first-order chi connectivity index (χ1) is 10.1. The van der Waals surface area contributed by atoms with E-state index in [4.69, 9.17) is 0 Å². The molecular weight excluding hydrogens is 266 g/mol. The van der Waals surface area contributed by atoms with Gasteiger partial charge < -0.3 is 14.7 Å². The summed E-state index contributed by atoms with van der Waals surface area (Å²) in [5.74, 6) is 0.814. The molecular formula is C15H23N5O. The number of piperidine rings is 1. The number of nitrogens with zero attached hydrogens (tertiary/aromatic N) is 5. The molecule has 0 saturated carbocycles. The summed E-state index contributed by atoms with van der Waals surface area (Å²) in [5, 5.41) is 0. The van der Waals surface area contributed by atoms with Crippen molar-refractivity contribution in [2.75, 3.05) is 45.2 Å². The Labute approximate surface area is 125 Å². The van der Waals surface area contributed by atoms with Gasteiger partial charge in [-0.05, 0) is 25.3 Å². The summed E-state index contributed by atoms with van der Waals surface area (Å²) in [5.41, 5.74) is 0.211. The Hall–Kier alpha value is -1.85. The molecule has 0 N–H and O–H groups in total. The van der Waals surface area contributed by atoms with Crippen molar-refractivity contribution < 1.29 is 4.79 Å². The predicted octanol–water partition coefficient (Wildman–Crippen LogP) is 1.45. The highest BCUT2D eigenvalue weighted by Gasteiger charge is 2.43. The van der Waals surface area contributed by atoms with Crippen LogP contribution in [0.4, 0.5) is 10.7 Å². The molecule has 2 aliphatic heterocycles. The molecule has 6 nitrogen and oxygen atoms in total. The van der Waals surface area contributed by atoms with Gasteiger partial charge in [-0.1, -0.05) is 0 Å². The van der Waals surface area contributed by atoms with Crippen molar-refractivity contribution in [3.05, 3.63) is 18.5 Å². The van der Waals surface area contributed by atoms with Crippen molar-refractivity contribution in [2.45, 2.75) is 19.3 Å². The minimum Gasteiger partial charge on any atom is -0.340 e. The van der Waals surface area contributed by atoms with Crippen LogP contribution in [-0.4, -0.2) is 66.1 Å². The lowest BCUT2D eigenvalue weighted by atomic mass is 9.79. The highest BCUT2D eigenvalue weighted by molar-refractivity contribution is 5.74. The topological polar surface area (TPSA) is 52.6 Å². The van der Waals surface area contributed by atoms with E-state index in [1.165, 1.54) is 6.42 Å². The van der Waals surface area contributed by atoms with Gasteiger partial charge >= 0.3 is 6.03 Å². The molecule has 3 heterocycles. The largest absolute Gasteiger partial charge is 0.340 e. The second-order valence-electron chi connectivity index (χ2n) is 6.42. The van der Waals surface area contributed by atoms with Crippen LogP contribution in [0, 0.1) is 5.41 Å². The number of anilines is 1. The van der Waals surface area contributed by atoms with Crippen molar-refractivity contribution in [2.24, 2.45) is 5.41 Å². The number of hydrogen-bond acceptors (Lipinski definition) is 4. The Morgan fingerprint density at radius 1 is 1.19 bits per heavy atom. The van der Waals surface area contributed by atoms with E-state index in [0.717, 1.165) is 45.0 Å². The molecule has 1 spiro atoms. The molecule has 2 amide bonds. The molecule has 0 bridgehead atoms. The molecule has 6 heteroatoms. The molecule has 3 rings (SSSR count). The fourth-order valence-electron chi connectivity index (χ4n) is 3.55. The second-order valence-corrected chi connectivity index (χ2v) is 6.42. The summed E-state index contributed by atoms with van der Waals surface area (Å²) >= 11 is 0. The van der Waals surface area contributed by atoms with Crippen LogP contribution in [0.3, 0.4) is 0 Å². The maximum Gasteiger partial charge on any atom is 0.319 e.